The molecule has 1 aromatic carbocycles. The smallest absolute Gasteiger partial charge is 0.245 e. The highest BCUT2D eigenvalue weighted by molar-refractivity contribution is 7.80. The number of carbonyl (C=O) groups excluding carboxylic acids is 3. The maximum absolute atomic E-state index is 14.3. The number of likely N-dealkylation sites (tertiary alicyclic amines) is 1. The number of ether oxygens (including phenoxy) is 2. The largest absolute Gasteiger partial charge is 0.379 e. The predicted molar refractivity (Wildman–Crippen MR) is 217 cm³/mol. The van der Waals surface area contributed by atoms with Crippen LogP contribution in [0.3, 0.4) is 0 Å². The van der Waals surface area contributed by atoms with Crippen LogP contribution in [0.25, 0.3) is 0 Å². The first-order chi connectivity index (χ1) is 25.1. The number of nitrogens with one attached hydrogen (secondary N) is 3. The van der Waals surface area contributed by atoms with Crippen LogP contribution in [0.1, 0.15) is 90.8 Å². The third-order valence-electron chi connectivity index (χ3n) is 11.0. The number of aromatic nitrogens is 1. The lowest BCUT2D eigenvalue weighted by Gasteiger charge is -2.41. The molecule has 8 atom stereocenters. The molecule has 1 aliphatic rings. The third-order valence-corrected chi connectivity index (χ3v) is 12.4. The van der Waals surface area contributed by atoms with Gasteiger partial charge in [0.05, 0.1) is 47.3 Å². The standard InChI is InChI=1S/C40H64N6O5S2/c1-12-26(4)34(45(9)38(48)33(25(2)3)44-39(49)40(6,7)41-8)31(50-10)24-32(47)46-21-16-19-30(46)35(51-11)27(5)36(52)43-29(37-42-20-22-53-37)23-28-17-14-13-15-18-28/h13-15,17-18,20,22,25-27,29-31,33-35,41H,12,16,19,21,23-24H2,1-11H3,(H,43,52)(H,44,49)/t26-,27+,29-,30-,31+,33-,34-,35+/m0/s1. The minimum atomic E-state index is -0.849. The van der Waals surface area contributed by atoms with Crippen molar-refractivity contribution in [3.05, 3.63) is 52.5 Å². The normalized spacial score (nSPS) is 18.8. The van der Waals surface area contributed by atoms with Crippen molar-refractivity contribution in [1.82, 2.24) is 30.7 Å². The second-order valence-electron chi connectivity index (χ2n) is 15.3. The maximum atomic E-state index is 14.3. The van der Waals surface area contributed by atoms with Crippen LogP contribution in [0.5, 0.6) is 0 Å². The second-order valence-corrected chi connectivity index (χ2v) is 16.6. The lowest BCUT2D eigenvalue weighted by atomic mass is 9.89. The number of rotatable bonds is 20. The molecule has 0 spiro atoms. The molecule has 1 fully saturated rings. The zero-order chi connectivity index (χ0) is 39.5. The molecule has 3 N–H and O–H groups in total. The number of hydrogen-bond acceptors (Lipinski definition) is 9. The Morgan fingerprint density at radius 3 is 2.32 bits per heavy atom. The summed E-state index contributed by atoms with van der Waals surface area (Å²) in [6.45, 7) is 14.2. The highest BCUT2D eigenvalue weighted by atomic mass is 32.1. The van der Waals surface area contributed by atoms with Gasteiger partial charge in [-0.1, -0.05) is 83.6 Å². The molecular formula is C40H64N6O5S2. The molecule has 296 valence electrons. The summed E-state index contributed by atoms with van der Waals surface area (Å²) in [5.41, 5.74) is 0.336. The number of benzene rings is 1. The Labute approximate surface area is 327 Å². The minimum Gasteiger partial charge on any atom is -0.379 e. The van der Waals surface area contributed by atoms with Crippen LogP contribution in [-0.4, -0.2) is 108 Å². The van der Waals surface area contributed by atoms with E-state index in [0.29, 0.717) is 11.5 Å². The molecule has 2 aromatic rings. The van der Waals surface area contributed by atoms with Gasteiger partial charge in [-0.05, 0) is 57.6 Å². The van der Waals surface area contributed by atoms with E-state index in [1.165, 1.54) is 5.56 Å². The number of methoxy groups -OCH3 is 2. The van der Waals surface area contributed by atoms with E-state index in [9.17, 15) is 14.4 Å². The van der Waals surface area contributed by atoms with Gasteiger partial charge < -0.3 is 35.2 Å². The second kappa shape index (κ2) is 20.6. The zero-order valence-electron chi connectivity index (χ0n) is 33.7. The average molecular weight is 773 g/mol. The van der Waals surface area contributed by atoms with E-state index in [-0.39, 0.29) is 60.1 Å². The van der Waals surface area contributed by atoms with Gasteiger partial charge in [-0.2, -0.15) is 0 Å². The molecule has 1 aliphatic heterocycles. The third kappa shape index (κ3) is 11.5. The molecule has 0 aliphatic carbocycles. The highest BCUT2D eigenvalue weighted by Gasteiger charge is 2.43. The number of amides is 3. The summed E-state index contributed by atoms with van der Waals surface area (Å²) in [5, 5.41) is 12.5. The van der Waals surface area contributed by atoms with E-state index in [4.69, 9.17) is 21.7 Å². The van der Waals surface area contributed by atoms with Gasteiger partial charge in [0.1, 0.15) is 11.0 Å². The van der Waals surface area contributed by atoms with Crippen molar-refractivity contribution in [3.8, 4) is 0 Å². The zero-order valence-corrected chi connectivity index (χ0v) is 35.3. The van der Waals surface area contributed by atoms with Crippen molar-refractivity contribution >= 4 is 46.3 Å². The lowest BCUT2D eigenvalue weighted by Crippen LogP contribution is -2.61. The fourth-order valence-electron chi connectivity index (χ4n) is 7.23. The van der Waals surface area contributed by atoms with Crippen LogP contribution in [0.2, 0.25) is 0 Å². The summed E-state index contributed by atoms with van der Waals surface area (Å²) in [6, 6.07) is 8.87. The summed E-state index contributed by atoms with van der Waals surface area (Å²) in [6.07, 6.45) is 4.16. The van der Waals surface area contributed by atoms with Gasteiger partial charge in [0.15, 0.2) is 0 Å². The number of nitrogens with zero attached hydrogens (tertiary/aromatic N) is 3. The van der Waals surface area contributed by atoms with Gasteiger partial charge >= 0.3 is 0 Å². The van der Waals surface area contributed by atoms with Crippen LogP contribution in [0, 0.1) is 17.8 Å². The van der Waals surface area contributed by atoms with Crippen molar-refractivity contribution < 1.29 is 23.9 Å². The van der Waals surface area contributed by atoms with Crippen LogP contribution >= 0.6 is 23.6 Å². The number of hydrogen-bond donors (Lipinski definition) is 3. The number of carbonyl (C=O) groups is 3. The molecule has 0 radical (unpaired) electrons. The fraction of sp³-hybridized carbons (Fsp3) is 0.675. The lowest BCUT2D eigenvalue weighted by molar-refractivity contribution is -0.147. The summed E-state index contributed by atoms with van der Waals surface area (Å²) in [7, 11) is 6.76. The van der Waals surface area contributed by atoms with Gasteiger partial charge in [-0.3, -0.25) is 14.4 Å². The van der Waals surface area contributed by atoms with E-state index < -0.39 is 23.7 Å². The minimum absolute atomic E-state index is 0.0187. The first-order valence-corrected chi connectivity index (χ1v) is 20.3. The predicted octanol–water partition coefficient (Wildman–Crippen LogP) is 5.40. The average Bonchev–Trinajstić information content (AvgIpc) is 3.87. The van der Waals surface area contributed by atoms with E-state index in [1.807, 2.05) is 48.5 Å². The number of likely N-dealkylation sites (N-methyl/N-ethyl adjacent to an activating group) is 2. The van der Waals surface area contributed by atoms with Crippen molar-refractivity contribution in [2.75, 3.05) is 34.9 Å². The molecule has 3 rings (SSSR count). The molecule has 0 bridgehead atoms. The van der Waals surface area contributed by atoms with E-state index in [0.717, 1.165) is 30.7 Å². The molecular weight excluding hydrogens is 709 g/mol. The summed E-state index contributed by atoms with van der Waals surface area (Å²) < 4.78 is 12.2. The van der Waals surface area contributed by atoms with Gasteiger partial charge in [-0.15, -0.1) is 11.3 Å². The first-order valence-electron chi connectivity index (χ1n) is 19.0. The van der Waals surface area contributed by atoms with Crippen LogP contribution < -0.4 is 16.0 Å². The Balaban J connectivity index is 1.78. The van der Waals surface area contributed by atoms with E-state index >= 15 is 0 Å². The molecule has 2 heterocycles. The molecule has 11 nitrogen and oxygen atoms in total. The molecule has 53 heavy (non-hydrogen) atoms. The van der Waals surface area contributed by atoms with Crippen molar-refractivity contribution in [2.45, 2.75) is 122 Å². The molecule has 0 unspecified atom stereocenters. The summed E-state index contributed by atoms with van der Waals surface area (Å²) >= 11 is 7.63. The van der Waals surface area contributed by atoms with Gasteiger partial charge in [0.2, 0.25) is 17.7 Å². The number of thiocarbonyl (C=S) groups is 1. The van der Waals surface area contributed by atoms with Crippen molar-refractivity contribution in [2.24, 2.45) is 17.8 Å². The quantitative estimate of drug-likeness (QED) is 0.152. The van der Waals surface area contributed by atoms with Crippen molar-refractivity contribution in [3.63, 3.8) is 0 Å². The van der Waals surface area contributed by atoms with Crippen LogP contribution in [0.15, 0.2) is 41.9 Å². The first kappa shape index (κ1) is 44.4. The molecule has 1 saturated heterocycles. The van der Waals surface area contributed by atoms with E-state index in [2.05, 4.69) is 53.8 Å². The molecule has 13 heteroatoms. The SMILES string of the molecule is CC[C@H](C)[C@@H]([C@@H](CC(=O)N1CCC[C@H]1[C@H](OC)[C@@H](C)C(=S)N[C@@H](Cc1ccccc1)c1nccs1)OC)N(C)C(=O)[C@@H](NC(=O)C(C)(C)NC)C(C)C. The van der Waals surface area contributed by atoms with Gasteiger partial charge in [-0.25, -0.2) is 4.98 Å². The van der Waals surface area contributed by atoms with E-state index in [1.54, 1.807) is 58.4 Å². The highest BCUT2D eigenvalue weighted by Crippen LogP contribution is 2.31. The van der Waals surface area contributed by atoms with Crippen LogP contribution in [0.4, 0.5) is 0 Å². The Morgan fingerprint density at radius 2 is 1.77 bits per heavy atom. The summed E-state index contributed by atoms with van der Waals surface area (Å²) in [4.78, 5) is 50.4. The Bertz CT molecular complexity index is 1460. The topological polar surface area (TPSA) is 125 Å². The molecule has 0 saturated carbocycles. The summed E-state index contributed by atoms with van der Waals surface area (Å²) in [5.74, 6) is -0.836. The Kier molecular flexibility index (Phi) is 17.3. The molecule has 1 aromatic heterocycles. The Morgan fingerprint density at radius 1 is 1.09 bits per heavy atom. The monoisotopic (exact) mass is 772 g/mol. The maximum Gasteiger partial charge on any atom is 0.245 e. The van der Waals surface area contributed by atoms with Gasteiger partial charge in [0, 0.05) is 45.3 Å². The fourth-order valence-corrected chi connectivity index (χ4v) is 8.20. The van der Waals surface area contributed by atoms with Crippen molar-refractivity contribution in [1.29, 1.82) is 0 Å². The Hall–Kier alpha value is -2.97. The molecule has 3 amide bonds. The van der Waals surface area contributed by atoms with Gasteiger partial charge in [0.25, 0.3) is 0 Å². The number of thiazole rings is 1. The van der Waals surface area contributed by atoms with Crippen LogP contribution in [-0.2, 0) is 30.3 Å².